The summed E-state index contributed by atoms with van der Waals surface area (Å²) in [6.45, 7) is 2.97. The Hall–Kier alpha value is 1.71. The van der Waals surface area contributed by atoms with E-state index in [9.17, 15) is 9.46 Å². The number of hydrogen-bond donors (Lipinski definition) is 1. The first kappa shape index (κ1) is 36.1. The molecule has 0 heterocycles. The largest absolute Gasteiger partial charge is 1.00 e. The van der Waals surface area contributed by atoms with E-state index >= 15 is 0 Å². The Labute approximate surface area is 212 Å². The zero-order valence-electron chi connectivity index (χ0n) is 16.5. The van der Waals surface area contributed by atoms with Gasteiger partial charge in [0, 0.05) is 6.61 Å². The van der Waals surface area contributed by atoms with Gasteiger partial charge in [-0.3, -0.25) is 4.57 Å². The summed E-state index contributed by atoms with van der Waals surface area (Å²) in [5.74, 6) is 0. The van der Waals surface area contributed by atoms with Gasteiger partial charge in [0.1, 0.15) is 0 Å². The molecular weight excluding hydrogens is 390 g/mol. The van der Waals surface area contributed by atoms with Crippen molar-refractivity contribution in [3.05, 3.63) is 0 Å². The quantitative estimate of drug-likeness (QED) is 0.191. The molecule has 0 amide bonds. The summed E-state index contributed by atoms with van der Waals surface area (Å²) in [6, 6.07) is 0. The number of hydrogen-bond acceptors (Lipinski definition) is 4. The number of rotatable bonds is 19. The zero-order chi connectivity index (χ0) is 17.9. The fourth-order valence-electron chi connectivity index (χ4n) is 2.71. The molecule has 27 heavy (non-hydrogen) atoms. The Morgan fingerprint density at radius 3 is 1.44 bits per heavy atom. The molecule has 0 aliphatic rings. The van der Waals surface area contributed by atoms with Gasteiger partial charge >= 0.3 is 51.4 Å². The van der Waals surface area contributed by atoms with Crippen LogP contribution in [0.25, 0.3) is 0 Å². The molecule has 0 aliphatic carbocycles. The maximum Gasteiger partial charge on any atom is 1.00 e. The Kier molecular flexibility index (Phi) is 37.0. The van der Waals surface area contributed by atoms with Gasteiger partial charge in [0.05, 0.1) is 13.2 Å². The predicted molar refractivity (Wildman–Crippen MR) is 110 cm³/mol. The van der Waals surface area contributed by atoms with E-state index in [1.165, 1.54) is 77.0 Å². The topological polar surface area (TPSA) is 78.8 Å². The molecule has 0 radical (unpaired) electrons. The Morgan fingerprint density at radius 1 is 0.704 bits per heavy atom. The van der Waals surface area contributed by atoms with Crippen LogP contribution in [-0.2, 0) is 13.8 Å². The van der Waals surface area contributed by atoms with Crippen molar-refractivity contribution in [1.82, 2.24) is 0 Å². The van der Waals surface area contributed by atoms with E-state index in [2.05, 4.69) is 11.4 Å². The molecule has 5 nitrogen and oxygen atoms in total. The monoisotopic (exact) mass is 436 g/mol. The second-order valence-electron chi connectivity index (χ2n) is 6.51. The minimum atomic E-state index is -4.59. The third kappa shape index (κ3) is 35.5. The maximum atomic E-state index is 10.3. The molecule has 0 aliphatic heterocycles. The van der Waals surface area contributed by atoms with Gasteiger partial charge in [0.25, 0.3) is 7.82 Å². The van der Waals surface area contributed by atoms with Crippen LogP contribution < -0.4 is 56.3 Å². The van der Waals surface area contributed by atoms with Crippen LogP contribution in [0.15, 0.2) is 0 Å². The average molecular weight is 437 g/mol. The van der Waals surface area contributed by atoms with Crippen LogP contribution in [-0.4, -0.2) is 24.7 Å². The van der Waals surface area contributed by atoms with Crippen LogP contribution in [0, 0.1) is 0 Å². The van der Waals surface area contributed by atoms with Crippen LogP contribution >= 0.6 is 7.82 Å². The molecular formula is C20H46KO5P. The van der Waals surface area contributed by atoms with Gasteiger partial charge in [-0.1, -0.05) is 105 Å². The first-order chi connectivity index (χ1) is 11.6. The van der Waals surface area contributed by atoms with Gasteiger partial charge in [-0.15, -0.1) is 0 Å². The first-order valence-electron chi connectivity index (χ1n) is 9.82. The third-order valence-corrected chi connectivity index (χ3v) is 4.63. The van der Waals surface area contributed by atoms with Gasteiger partial charge in [-0.2, -0.15) is 0 Å². The van der Waals surface area contributed by atoms with Gasteiger partial charge in [0.2, 0.25) is 0 Å². The van der Waals surface area contributed by atoms with Gasteiger partial charge in [0.15, 0.2) is 0 Å². The molecule has 0 fully saturated rings. The summed E-state index contributed by atoms with van der Waals surface area (Å²) in [4.78, 5) is 18.7. The standard InChI is InChI=1S/C18H39O5P.2CH4.K/c1-2-3-4-5-6-7-8-9-10-11-12-13-14-15-16-22-17-18-23-24(19,20)21;;;/h2-18H2,1H3,(H2,19,20,21);2*1H4;/q;;;+1/p-1. The van der Waals surface area contributed by atoms with Crippen LogP contribution in [0.2, 0.25) is 0 Å². The van der Waals surface area contributed by atoms with Crippen molar-refractivity contribution >= 4 is 7.82 Å². The fraction of sp³-hybridized carbons (Fsp3) is 1.00. The Balaban J connectivity index is -0.000000882. The number of phosphoric acid groups is 1. The molecule has 162 valence electrons. The molecule has 0 spiro atoms. The Bertz CT molecular complexity index is 300. The summed E-state index contributed by atoms with van der Waals surface area (Å²) in [5, 5.41) is 0. The molecule has 1 atom stereocenters. The smallest absolute Gasteiger partial charge is 0.756 e. The second-order valence-corrected chi connectivity index (χ2v) is 7.71. The average Bonchev–Trinajstić information content (AvgIpc) is 2.52. The van der Waals surface area contributed by atoms with E-state index in [0.717, 1.165) is 12.8 Å². The molecule has 0 saturated carbocycles. The number of phosphoric ester groups is 1. The molecule has 0 aromatic carbocycles. The van der Waals surface area contributed by atoms with E-state index in [1.807, 2.05) is 0 Å². The van der Waals surface area contributed by atoms with Gasteiger partial charge < -0.3 is 19.0 Å². The number of ether oxygens (including phenoxy) is 1. The maximum absolute atomic E-state index is 10.3. The van der Waals surface area contributed by atoms with Crippen molar-refractivity contribution in [1.29, 1.82) is 0 Å². The minimum Gasteiger partial charge on any atom is -0.756 e. The van der Waals surface area contributed by atoms with Crippen molar-refractivity contribution in [2.75, 3.05) is 19.8 Å². The summed E-state index contributed by atoms with van der Waals surface area (Å²) in [6.07, 6.45) is 18.5. The van der Waals surface area contributed by atoms with Crippen LogP contribution in [0.4, 0.5) is 0 Å². The first-order valence-corrected chi connectivity index (χ1v) is 11.3. The van der Waals surface area contributed by atoms with E-state index in [0.29, 0.717) is 6.61 Å². The molecule has 0 rings (SSSR count). The summed E-state index contributed by atoms with van der Waals surface area (Å²) in [7, 11) is -4.59. The van der Waals surface area contributed by atoms with Crippen molar-refractivity contribution in [3.8, 4) is 0 Å². The predicted octanol–water partition coefficient (Wildman–Crippen LogP) is 3.24. The van der Waals surface area contributed by atoms with Crippen molar-refractivity contribution in [3.63, 3.8) is 0 Å². The van der Waals surface area contributed by atoms with E-state index in [4.69, 9.17) is 9.63 Å². The summed E-state index contributed by atoms with van der Waals surface area (Å²) >= 11 is 0. The summed E-state index contributed by atoms with van der Waals surface area (Å²) < 4.78 is 19.7. The van der Waals surface area contributed by atoms with E-state index < -0.39 is 7.82 Å². The van der Waals surface area contributed by atoms with E-state index in [-0.39, 0.29) is 79.5 Å². The normalized spacial score (nSPS) is 12.4. The van der Waals surface area contributed by atoms with Gasteiger partial charge in [-0.05, 0) is 6.42 Å². The van der Waals surface area contributed by atoms with Crippen molar-refractivity contribution < 1.29 is 75.0 Å². The SMILES string of the molecule is C.C.CCCCCCCCCCCCCCCCOCCOP(=O)([O-])O.[K+]. The van der Waals surface area contributed by atoms with E-state index in [1.54, 1.807) is 0 Å². The van der Waals surface area contributed by atoms with Crippen molar-refractivity contribution in [2.24, 2.45) is 0 Å². The molecule has 1 unspecified atom stereocenters. The molecule has 0 aromatic rings. The van der Waals surface area contributed by atoms with Crippen LogP contribution in [0.5, 0.6) is 0 Å². The molecule has 7 heteroatoms. The zero-order valence-corrected chi connectivity index (χ0v) is 20.6. The molecule has 0 saturated heterocycles. The molecule has 0 aromatic heterocycles. The summed E-state index contributed by atoms with van der Waals surface area (Å²) in [5.41, 5.74) is 0. The second kappa shape index (κ2) is 27.7. The molecule has 0 bridgehead atoms. The molecule has 1 N–H and O–H groups in total. The van der Waals surface area contributed by atoms with Crippen LogP contribution in [0.3, 0.4) is 0 Å². The number of unbranched alkanes of at least 4 members (excludes halogenated alkanes) is 13. The fourth-order valence-corrected chi connectivity index (χ4v) is 3.02. The van der Waals surface area contributed by atoms with Gasteiger partial charge in [-0.25, -0.2) is 0 Å². The Morgan fingerprint density at radius 2 is 1.07 bits per heavy atom. The van der Waals surface area contributed by atoms with Crippen molar-refractivity contribution in [2.45, 2.75) is 112 Å². The third-order valence-electron chi connectivity index (χ3n) is 4.12. The minimum absolute atomic E-state index is 0. The van der Waals surface area contributed by atoms with Crippen LogP contribution in [0.1, 0.15) is 112 Å².